The van der Waals surface area contributed by atoms with Gasteiger partial charge in [0.1, 0.15) is 0 Å². The fraction of sp³-hybridized carbons (Fsp3) is 0.450. The van der Waals surface area contributed by atoms with Crippen LogP contribution in [0.3, 0.4) is 0 Å². The highest BCUT2D eigenvalue weighted by molar-refractivity contribution is 5.76. The topological polar surface area (TPSA) is 81.7 Å². The van der Waals surface area contributed by atoms with Crippen LogP contribution >= 0.6 is 0 Å². The van der Waals surface area contributed by atoms with Gasteiger partial charge in [0.05, 0.1) is 12.6 Å². The van der Waals surface area contributed by atoms with E-state index in [1.165, 1.54) is 0 Å². The number of aromatic nitrogens is 6. The normalized spacial score (nSPS) is 16.4. The first-order chi connectivity index (χ1) is 13.6. The van der Waals surface area contributed by atoms with Crippen molar-refractivity contribution in [3.63, 3.8) is 0 Å². The molecule has 1 aliphatic rings. The van der Waals surface area contributed by atoms with Crippen LogP contribution in [0.5, 0.6) is 0 Å². The summed E-state index contributed by atoms with van der Waals surface area (Å²) < 4.78 is 3.81. The molecule has 4 heterocycles. The average molecular weight is 379 g/mol. The Hall–Kier alpha value is -3.03. The number of hydrogen-bond donors (Lipinski definition) is 0. The Morgan fingerprint density at radius 3 is 2.86 bits per heavy atom. The zero-order valence-electron chi connectivity index (χ0n) is 16.3. The predicted molar refractivity (Wildman–Crippen MR) is 104 cm³/mol. The van der Waals surface area contributed by atoms with Crippen molar-refractivity contribution >= 4 is 5.91 Å². The molecule has 0 aromatic carbocycles. The highest BCUT2D eigenvalue weighted by atomic mass is 16.2. The summed E-state index contributed by atoms with van der Waals surface area (Å²) in [5.74, 6) is 1.95. The monoisotopic (exact) mass is 379 g/mol. The Labute approximate surface area is 164 Å². The predicted octanol–water partition coefficient (Wildman–Crippen LogP) is 2.56. The maximum absolute atomic E-state index is 13.0. The van der Waals surface area contributed by atoms with Crippen molar-refractivity contribution in [1.29, 1.82) is 0 Å². The molecule has 8 heteroatoms. The third-order valence-corrected chi connectivity index (χ3v) is 5.06. The van der Waals surface area contributed by atoms with Crippen LogP contribution in [-0.4, -0.2) is 46.9 Å². The summed E-state index contributed by atoms with van der Waals surface area (Å²) >= 11 is 0. The summed E-state index contributed by atoms with van der Waals surface area (Å²) in [4.78, 5) is 23.9. The molecule has 0 spiro atoms. The Morgan fingerprint density at radius 2 is 2.14 bits per heavy atom. The second-order valence-corrected chi connectivity index (χ2v) is 7.41. The van der Waals surface area contributed by atoms with Crippen molar-refractivity contribution in [2.75, 3.05) is 6.54 Å². The van der Waals surface area contributed by atoms with E-state index < -0.39 is 0 Å². The molecule has 1 aliphatic heterocycles. The maximum Gasteiger partial charge on any atom is 0.223 e. The van der Waals surface area contributed by atoms with Crippen LogP contribution in [0.4, 0.5) is 0 Å². The van der Waals surface area contributed by atoms with Crippen LogP contribution in [0.15, 0.2) is 43.0 Å². The summed E-state index contributed by atoms with van der Waals surface area (Å²) in [5.41, 5.74) is 0.893. The van der Waals surface area contributed by atoms with Crippen molar-refractivity contribution in [2.24, 2.45) is 5.92 Å². The van der Waals surface area contributed by atoms with Gasteiger partial charge in [-0.1, -0.05) is 13.8 Å². The number of amides is 1. The number of carbonyl (C=O) groups excluding carboxylic acids is 1. The van der Waals surface area contributed by atoms with Crippen molar-refractivity contribution in [3.8, 4) is 11.4 Å². The highest BCUT2D eigenvalue weighted by Gasteiger charge is 2.35. The van der Waals surface area contributed by atoms with Gasteiger partial charge in [0, 0.05) is 49.9 Å². The van der Waals surface area contributed by atoms with Crippen molar-refractivity contribution in [2.45, 2.75) is 45.8 Å². The van der Waals surface area contributed by atoms with Crippen LogP contribution in [0.25, 0.3) is 11.4 Å². The van der Waals surface area contributed by atoms with E-state index in [2.05, 4.69) is 29.0 Å². The van der Waals surface area contributed by atoms with Gasteiger partial charge in [-0.3, -0.25) is 14.5 Å². The maximum atomic E-state index is 13.0. The van der Waals surface area contributed by atoms with E-state index in [1.807, 2.05) is 38.7 Å². The Balaban J connectivity index is 1.51. The van der Waals surface area contributed by atoms with Gasteiger partial charge < -0.3 is 4.90 Å². The summed E-state index contributed by atoms with van der Waals surface area (Å²) in [6.07, 6.45) is 8.46. The summed E-state index contributed by atoms with van der Waals surface area (Å²) in [6.45, 7) is 6.33. The lowest BCUT2D eigenvalue weighted by molar-refractivity contribution is -0.136. The highest BCUT2D eigenvalue weighted by Crippen LogP contribution is 2.32. The molecule has 1 atom stereocenters. The molecule has 0 aliphatic carbocycles. The molecular weight excluding hydrogens is 354 g/mol. The molecule has 0 bridgehead atoms. The molecule has 0 saturated heterocycles. The van der Waals surface area contributed by atoms with E-state index in [1.54, 1.807) is 18.6 Å². The standard InChI is InChI=1S/C20H25N7O/c1-15(2)18-20-23-19(16-6-3-8-21-14-16)24-27(20)13-12-26(18)17(28)7-4-10-25-11-5-9-22-25/h3,5-6,8-9,11,14-15,18H,4,7,10,12-13H2,1-2H3/t18-/m1/s1. The van der Waals surface area contributed by atoms with E-state index >= 15 is 0 Å². The molecule has 28 heavy (non-hydrogen) atoms. The summed E-state index contributed by atoms with van der Waals surface area (Å²) in [5, 5.41) is 8.85. The second kappa shape index (κ2) is 7.92. The van der Waals surface area contributed by atoms with Gasteiger partial charge >= 0.3 is 0 Å². The molecule has 0 radical (unpaired) electrons. The molecule has 3 aromatic rings. The molecule has 0 fully saturated rings. The van der Waals surface area contributed by atoms with E-state index in [4.69, 9.17) is 4.98 Å². The summed E-state index contributed by atoms with van der Waals surface area (Å²) in [7, 11) is 0. The first-order valence-electron chi connectivity index (χ1n) is 9.75. The number of aryl methyl sites for hydroxylation is 1. The average Bonchev–Trinajstić information content (AvgIpc) is 3.37. The number of fused-ring (bicyclic) bond motifs is 1. The second-order valence-electron chi connectivity index (χ2n) is 7.41. The van der Waals surface area contributed by atoms with Gasteiger partial charge in [0.2, 0.25) is 5.91 Å². The first kappa shape index (κ1) is 18.3. The van der Waals surface area contributed by atoms with Crippen LogP contribution in [0.1, 0.15) is 38.6 Å². The quantitative estimate of drug-likeness (QED) is 0.657. The van der Waals surface area contributed by atoms with Crippen LogP contribution in [0.2, 0.25) is 0 Å². The Morgan fingerprint density at radius 1 is 1.25 bits per heavy atom. The molecule has 3 aromatic heterocycles. The zero-order chi connectivity index (χ0) is 19.5. The number of nitrogens with zero attached hydrogens (tertiary/aromatic N) is 7. The van der Waals surface area contributed by atoms with E-state index in [-0.39, 0.29) is 17.9 Å². The van der Waals surface area contributed by atoms with Gasteiger partial charge in [0.25, 0.3) is 0 Å². The Bertz CT molecular complexity index is 917. The van der Waals surface area contributed by atoms with Gasteiger partial charge in [-0.25, -0.2) is 9.67 Å². The number of rotatable bonds is 6. The van der Waals surface area contributed by atoms with E-state index in [9.17, 15) is 4.79 Å². The molecule has 4 rings (SSSR count). The molecular formula is C20H25N7O. The molecule has 0 N–H and O–H groups in total. The molecule has 0 saturated carbocycles. The molecule has 0 unspecified atom stereocenters. The SMILES string of the molecule is CC(C)[C@@H]1c2nc(-c3cccnc3)nn2CCN1C(=O)CCCn1cccn1. The zero-order valence-corrected chi connectivity index (χ0v) is 16.3. The third kappa shape index (κ3) is 3.67. The van der Waals surface area contributed by atoms with Gasteiger partial charge in [-0.2, -0.15) is 10.2 Å². The number of pyridine rings is 1. The lowest BCUT2D eigenvalue weighted by Gasteiger charge is -2.37. The van der Waals surface area contributed by atoms with Crippen LogP contribution in [0, 0.1) is 5.92 Å². The fourth-order valence-electron chi connectivity index (χ4n) is 3.74. The lowest BCUT2D eigenvalue weighted by atomic mass is 9.99. The van der Waals surface area contributed by atoms with E-state index in [0.717, 1.165) is 24.4 Å². The number of hydrogen-bond acceptors (Lipinski definition) is 5. The molecule has 1 amide bonds. The van der Waals surface area contributed by atoms with Crippen LogP contribution in [-0.2, 0) is 17.9 Å². The smallest absolute Gasteiger partial charge is 0.223 e. The number of carbonyl (C=O) groups is 1. The minimum Gasteiger partial charge on any atom is -0.330 e. The van der Waals surface area contributed by atoms with E-state index in [0.29, 0.717) is 25.3 Å². The minimum atomic E-state index is -0.0659. The minimum absolute atomic E-state index is 0.0659. The van der Waals surface area contributed by atoms with Crippen molar-refractivity contribution in [3.05, 3.63) is 48.8 Å². The van der Waals surface area contributed by atoms with Gasteiger partial charge in [0.15, 0.2) is 11.6 Å². The third-order valence-electron chi connectivity index (χ3n) is 5.06. The van der Waals surface area contributed by atoms with Crippen molar-refractivity contribution in [1.82, 2.24) is 34.4 Å². The molecule has 8 nitrogen and oxygen atoms in total. The Kier molecular flexibility index (Phi) is 5.18. The largest absolute Gasteiger partial charge is 0.330 e. The lowest BCUT2D eigenvalue weighted by Crippen LogP contribution is -2.44. The van der Waals surface area contributed by atoms with Crippen LogP contribution < -0.4 is 0 Å². The molecule has 146 valence electrons. The van der Waals surface area contributed by atoms with Gasteiger partial charge in [-0.05, 0) is 30.5 Å². The fourth-order valence-corrected chi connectivity index (χ4v) is 3.74. The summed E-state index contributed by atoms with van der Waals surface area (Å²) in [6, 6.07) is 5.67. The van der Waals surface area contributed by atoms with Crippen molar-refractivity contribution < 1.29 is 4.79 Å². The first-order valence-corrected chi connectivity index (χ1v) is 9.75. The van der Waals surface area contributed by atoms with Gasteiger partial charge in [-0.15, -0.1) is 0 Å².